The third kappa shape index (κ3) is 4.88. The highest BCUT2D eigenvalue weighted by atomic mass is 16.6. The molecule has 3 rings (SSSR count). The van der Waals surface area contributed by atoms with E-state index in [0.29, 0.717) is 29.5 Å². The van der Waals surface area contributed by atoms with E-state index in [9.17, 15) is 4.79 Å². The summed E-state index contributed by atoms with van der Waals surface area (Å²) in [7, 11) is 1.53. The van der Waals surface area contributed by atoms with Gasteiger partial charge in [0, 0.05) is 5.56 Å². The van der Waals surface area contributed by atoms with Gasteiger partial charge in [0.25, 0.3) is 5.89 Å². The van der Waals surface area contributed by atoms with Crippen molar-refractivity contribution < 1.29 is 23.5 Å². The van der Waals surface area contributed by atoms with E-state index >= 15 is 0 Å². The number of esters is 1. The van der Waals surface area contributed by atoms with Crippen LogP contribution >= 0.6 is 0 Å². The minimum Gasteiger partial charge on any atom is -0.493 e. The summed E-state index contributed by atoms with van der Waals surface area (Å²) in [6.07, 6.45) is 1.98. The van der Waals surface area contributed by atoms with Crippen molar-refractivity contribution in [2.75, 3.05) is 13.7 Å². The summed E-state index contributed by atoms with van der Waals surface area (Å²) >= 11 is 0. The summed E-state index contributed by atoms with van der Waals surface area (Å²) in [6.45, 7) is 2.57. The van der Waals surface area contributed by atoms with Gasteiger partial charge < -0.3 is 18.7 Å². The molecule has 3 aromatic rings. The minimum atomic E-state index is -0.516. The summed E-state index contributed by atoms with van der Waals surface area (Å²) in [6, 6.07) is 14.3. The topological polar surface area (TPSA) is 83.7 Å². The average Bonchev–Trinajstić information content (AvgIpc) is 3.22. The molecule has 1 heterocycles. The van der Waals surface area contributed by atoms with E-state index in [1.54, 1.807) is 18.2 Å². The summed E-state index contributed by atoms with van der Waals surface area (Å²) in [5.74, 6) is 1.23. The second kappa shape index (κ2) is 9.55. The van der Waals surface area contributed by atoms with E-state index in [4.69, 9.17) is 18.7 Å². The van der Waals surface area contributed by atoms with Crippen LogP contribution in [0.5, 0.6) is 11.5 Å². The Morgan fingerprint density at radius 1 is 1.11 bits per heavy atom. The largest absolute Gasteiger partial charge is 0.493 e. The number of benzene rings is 2. The summed E-state index contributed by atoms with van der Waals surface area (Å²) in [5, 5.41) is 3.90. The molecule has 0 saturated carbocycles. The monoisotopic (exact) mass is 382 g/mol. The molecule has 2 aromatic carbocycles. The number of nitrogens with zero attached hydrogens (tertiary/aromatic N) is 2. The van der Waals surface area contributed by atoms with Gasteiger partial charge in [-0.2, -0.15) is 4.98 Å². The lowest BCUT2D eigenvalue weighted by atomic mass is 10.2. The Morgan fingerprint density at radius 3 is 2.68 bits per heavy atom. The first-order chi connectivity index (χ1) is 13.7. The van der Waals surface area contributed by atoms with Crippen LogP contribution in [0.15, 0.2) is 53.1 Å². The maximum Gasteiger partial charge on any atom is 0.338 e. The van der Waals surface area contributed by atoms with Crippen molar-refractivity contribution in [3.8, 4) is 22.9 Å². The molecule has 0 unspecified atom stereocenters. The molecule has 0 radical (unpaired) electrons. The molecule has 7 nitrogen and oxygen atoms in total. The average molecular weight is 382 g/mol. The highest BCUT2D eigenvalue weighted by molar-refractivity contribution is 5.90. The van der Waals surface area contributed by atoms with Gasteiger partial charge in [0.1, 0.15) is 0 Å². The van der Waals surface area contributed by atoms with Crippen LogP contribution in [0.4, 0.5) is 0 Å². The van der Waals surface area contributed by atoms with Gasteiger partial charge in [0.05, 0.1) is 19.3 Å². The molecule has 0 atom stereocenters. The van der Waals surface area contributed by atoms with E-state index in [2.05, 4.69) is 17.1 Å². The molecule has 7 heteroatoms. The van der Waals surface area contributed by atoms with Crippen LogP contribution in [0, 0.1) is 0 Å². The Bertz CT molecular complexity index is 908. The zero-order chi connectivity index (χ0) is 19.8. The predicted octanol–water partition coefficient (Wildman–Crippen LogP) is 4.28. The van der Waals surface area contributed by atoms with Crippen molar-refractivity contribution in [2.24, 2.45) is 0 Å². The van der Waals surface area contributed by atoms with Crippen molar-refractivity contribution in [2.45, 2.75) is 26.4 Å². The van der Waals surface area contributed by atoms with Crippen molar-refractivity contribution in [1.82, 2.24) is 10.1 Å². The zero-order valence-corrected chi connectivity index (χ0v) is 15.9. The zero-order valence-electron chi connectivity index (χ0n) is 15.9. The van der Waals surface area contributed by atoms with Crippen LogP contribution < -0.4 is 9.47 Å². The van der Waals surface area contributed by atoms with Gasteiger partial charge in [-0.25, -0.2) is 4.79 Å². The Balaban J connectivity index is 1.61. The van der Waals surface area contributed by atoms with Crippen LogP contribution in [0.1, 0.15) is 36.0 Å². The minimum absolute atomic E-state index is 0.115. The van der Waals surface area contributed by atoms with Gasteiger partial charge in [-0.15, -0.1) is 0 Å². The first kappa shape index (κ1) is 19.4. The third-order valence-electron chi connectivity index (χ3n) is 3.98. The fourth-order valence-electron chi connectivity index (χ4n) is 2.47. The van der Waals surface area contributed by atoms with Crippen LogP contribution in [0.3, 0.4) is 0 Å². The summed E-state index contributed by atoms with van der Waals surface area (Å²) in [5.41, 5.74) is 1.18. The molecule has 0 aliphatic carbocycles. The lowest BCUT2D eigenvalue weighted by Gasteiger charge is -2.11. The van der Waals surface area contributed by atoms with Crippen LogP contribution in [-0.2, 0) is 11.3 Å². The number of hydrogen-bond acceptors (Lipinski definition) is 7. The first-order valence-electron chi connectivity index (χ1n) is 9.07. The van der Waals surface area contributed by atoms with Crippen molar-refractivity contribution in [1.29, 1.82) is 0 Å². The van der Waals surface area contributed by atoms with Crippen LogP contribution in [0.2, 0.25) is 0 Å². The van der Waals surface area contributed by atoms with E-state index in [0.717, 1.165) is 18.4 Å². The van der Waals surface area contributed by atoms with Gasteiger partial charge in [-0.05, 0) is 24.6 Å². The molecule has 28 heavy (non-hydrogen) atoms. The van der Waals surface area contributed by atoms with Gasteiger partial charge in [-0.3, -0.25) is 0 Å². The molecule has 1 aromatic heterocycles. The number of carbonyl (C=O) groups excluding carboxylic acids is 1. The molecule has 0 aliphatic rings. The number of ether oxygens (including phenoxy) is 3. The smallest absolute Gasteiger partial charge is 0.338 e. The molecular weight excluding hydrogens is 360 g/mol. The van der Waals surface area contributed by atoms with Crippen molar-refractivity contribution >= 4 is 5.97 Å². The molecule has 0 amide bonds. The van der Waals surface area contributed by atoms with Gasteiger partial charge in [0.15, 0.2) is 18.1 Å². The number of carbonyl (C=O) groups is 1. The Hall–Kier alpha value is -3.35. The SMILES string of the molecule is CCCCOc1ccc(C(=O)OCc2nc(-c3ccccc3)no2)cc1OC. The third-order valence-corrected chi connectivity index (χ3v) is 3.98. The van der Waals surface area contributed by atoms with E-state index in [1.807, 2.05) is 30.3 Å². The lowest BCUT2D eigenvalue weighted by molar-refractivity contribution is 0.0429. The Labute approximate surface area is 163 Å². The quantitative estimate of drug-likeness (QED) is 0.403. The number of hydrogen-bond donors (Lipinski definition) is 0. The predicted molar refractivity (Wildman–Crippen MR) is 102 cm³/mol. The van der Waals surface area contributed by atoms with E-state index in [1.165, 1.54) is 7.11 Å². The molecular formula is C21H22N2O5. The Morgan fingerprint density at radius 2 is 1.93 bits per heavy atom. The molecule has 0 aliphatic heterocycles. The fourth-order valence-corrected chi connectivity index (χ4v) is 2.47. The van der Waals surface area contributed by atoms with Crippen molar-refractivity contribution in [3.05, 3.63) is 60.0 Å². The van der Waals surface area contributed by atoms with Crippen molar-refractivity contribution in [3.63, 3.8) is 0 Å². The van der Waals surface area contributed by atoms with Crippen LogP contribution in [-0.4, -0.2) is 29.8 Å². The molecule has 0 bridgehead atoms. The lowest BCUT2D eigenvalue weighted by Crippen LogP contribution is -2.06. The Kier molecular flexibility index (Phi) is 6.62. The van der Waals surface area contributed by atoms with Gasteiger partial charge in [0.2, 0.25) is 5.82 Å². The molecule has 0 N–H and O–H groups in total. The fraction of sp³-hybridized carbons (Fsp3) is 0.286. The number of methoxy groups -OCH3 is 1. The maximum atomic E-state index is 12.3. The first-order valence-corrected chi connectivity index (χ1v) is 9.07. The maximum absolute atomic E-state index is 12.3. The van der Waals surface area contributed by atoms with E-state index in [-0.39, 0.29) is 12.5 Å². The van der Waals surface area contributed by atoms with Gasteiger partial charge >= 0.3 is 5.97 Å². The number of rotatable bonds is 9. The standard InChI is InChI=1S/C21H22N2O5/c1-3-4-12-26-17-11-10-16(13-18(17)25-2)21(24)27-14-19-22-20(23-28-19)15-8-6-5-7-9-15/h5-11,13H,3-4,12,14H2,1-2H3. The molecule has 146 valence electrons. The highest BCUT2D eigenvalue weighted by Gasteiger charge is 2.15. The van der Waals surface area contributed by atoms with Crippen LogP contribution in [0.25, 0.3) is 11.4 Å². The van der Waals surface area contributed by atoms with E-state index < -0.39 is 5.97 Å². The number of aromatic nitrogens is 2. The number of unbranched alkanes of at least 4 members (excludes halogenated alkanes) is 1. The summed E-state index contributed by atoms with van der Waals surface area (Å²) in [4.78, 5) is 16.6. The molecule has 0 saturated heterocycles. The highest BCUT2D eigenvalue weighted by Crippen LogP contribution is 2.28. The molecule has 0 fully saturated rings. The van der Waals surface area contributed by atoms with Gasteiger partial charge in [-0.1, -0.05) is 48.8 Å². The molecule has 0 spiro atoms. The second-order valence-electron chi connectivity index (χ2n) is 6.02. The normalized spacial score (nSPS) is 10.5. The summed E-state index contributed by atoms with van der Waals surface area (Å²) < 4.78 is 21.4. The second-order valence-corrected chi connectivity index (χ2v) is 6.02.